The van der Waals surface area contributed by atoms with Crippen LogP contribution in [0.5, 0.6) is 5.75 Å². The van der Waals surface area contributed by atoms with E-state index in [2.05, 4.69) is 29.5 Å². The normalized spacial score (nSPS) is 12.2. The number of ether oxygens (including phenoxy) is 1. The Hall–Kier alpha value is -1.91. The molecule has 18 heavy (non-hydrogen) atoms. The molecule has 4 heteroatoms. The van der Waals surface area contributed by atoms with Gasteiger partial charge in [0.1, 0.15) is 11.4 Å². The number of pyridine rings is 1. The summed E-state index contributed by atoms with van der Waals surface area (Å²) < 4.78 is 5.32. The molecule has 2 rings (SSSR count). The quantitative estimate of drug-likeness (QED) is 0.636. The predicted molar refractivity (Wildman–Crippen MR) is 71.1 cm³/mol. The lowest BCUT2D eigenvalue weighted by Gasteiger charge is -2.18. The van der Waals surface area contributed by atoms with Gasteiger partial charge in [-0.15, -0.1) is 0 Å². The second kappa shape index (κ2) is 5.62. The standard InChI is InChI=1S/C14H17N3O/c1-10-5-7-11(8-6-10)13(17-15)14-12(18-2)4-3-9-16-14/h3-9,13,17H,15H2,1-2H3. The monoisotopic (exact) mass is 243 g/mol. The molecule has 1 atom stereocenters. The van der Waals surface area contributed by atoms with Crippen molar-refractivity contribution in [3.63, 3.8) is 0 Å². The number of nitrogens with zero attached hydrogens (tertiary/aromatic N) is 1. The summed E-state index contributed by atoms with van der Waals surface area (Å²) in [5, 5.41) is 0. The van der Waals surface area contributed by atoms with E-state index in [9.17, 15) is 0 Å². The molecule has 2 aromatic rings. The molecule has 0 aliphatic rings. The molecular weight excluding hydrogens is 226 g/mol. The zero-order valence-electron chi connectivity index (χ0n) is 10.6. The smallest absolute Gasteiger partial charge is 0.142 e. The molecule has 0 saturated carbocycles. The molecule has 0 amide bonds. The Labute approximate surface area is 107 Å². The van der Waals surface area contributed by atoms with Crippen LogP contribution in [0.2, 0.25) is 0 Å². The maximum atomic E-state index is 5.65. The van der Waals surface area contributed by atoms with Gasteiger partial charge in [-0.25, -0.2) is 5.43 Å². The second-order valence-electron chi connectivity index (χ2n) is 4.10. The number of aryl methyl sites for hydroxylation is 1. The number of methoxy groups -OCH3 is 1. The molecule has 0 bridgehead atoms. The van der Waals surface area contributed by atoms with Crippen molar-refractivity contribution in [3.05, 3.63) is 59.4 Å². The van der Waals surface area contributed by atoms with Crippen molar-refractivity contribution in [1.82, 2.24) is 10.4 Å². The highest BCUT2D eigenvalue weighted by Crippen LogP contribution is 2.27. The highest BCUT2D eigenvalue weighted by molar-refractivity contribution is 5.37. The van der Waals surface area contributed by atoms with Gasteiger partial charge in [-0.2, -0.15) is 0 Å². The maximum absolute atomic E-state index is 5.65. The van der Waals surface area contributed by atoms with E-state index in [1.54, 1.807) is 13.3 Å². The third-order valence-electron chi connectivity index (χ3n) is 2.87. The molecular formula is C14H17N3O. The van der Waals surface area contributed by atoms with E-state index >= 15 is 0 Å². The van der Waals surface area contributed by atoms with Gasteiger partial charge < -0.3 is 4.74 Å². The minimum atomic E-state index is -0.179. The van der Waals surface area contributed by atoms with Gasteiger partial charge >= 0.3 is 0 Å². The van der Waals surface area contributed by atoms with Gasteiger partial charge in [0.25, 0.3) is 0 Å². The van der Waals surface area contributed by atoms with Crippen LogP contribution in [-0.2, 0) is 0 Å². The molecule has 1 aromatic heterocycles. The van der Waals surface area contributed by atoms with E-state index < -0.39 is 0 Å². The molecule has 0 saturated heterocycles. The van der Waals surface area contributed by atoms with Crippen molar-refractivity contribution in [2.24, 2.45) is 5.84 Å². The van der Waals surface area contributed by atoms with Crippen molar-refractivity contribution in [3.8, 4) is 5.75 Å². The summed E-state index contributed by atoms with van der Waals surface area (Å²) in [5.74, 6) is 6.38. The topological polar surface area (TPSA) is 60.2 Å². The molecule has 0 radical (unpaired) electrons. The van der Waals surface area contributed by atoms with Gasteiger partial charge in [0, 0.05) is 6.20 Å². The molecule has 0 aliphatic carbocycles. The van der Waals surface area contributed by atoms with Crippen LogP contribution in [0.1, 0.15) is 22.9 Å². The fourth-order valence-corrected chi connectivity index (χ4v) is 1.88. The molecule has 4 nitrogen and oxygen atoms in total. The molecule has 0 aliphatic heterocycles. The Morgan fingerprint density at radius 2 is 1.94 bits per heavy atom. The van der Waals surface area contributed by atoms with E-state index in [0.29, 0.717) is 0 Å². The van der Waals surface area contributed by atoms with Crippen LogP contribution < -0.4 is 16.0 Å². The predicted octanol–water partition coefficient (Wildman–Crippen LogP) is 1.95. The largest absolute Gasteiger partial charge is 0.495 e. The fraction of sp³-hybridized carbons (Fsp3) is 0.214. The number of hydrogen-bond donors (Lipinski definition) is 2. The molecule has 0 fully saturated rings. The van der Waals surface area contributed by atoms with E-state index in [1.165, 1.54) is 5.56 Å². The van der Waals surface area contributed by atoms with Crippen LogP contribution in [0.15, 0.2) is 42.6 Å². The van der Waals surface area contributed by atoms with E-state index in [1.807, 2.05) is 24.3 Å². The van der Waals surface area contributed by atoms with Crippen molar-refractivity contribution in [1.29, 1.82) is 0 Å². The summed E-state index contributed by atoms with van der Waals surface area (Å²) in [5.41, 5.74) is 5.84. The lowest BCUT2D eigenvalue weighted by Crippen LogP contribution is -2.29. The van der Waals surface area contributed by atoms with Gasteiger partial charge in [-0.05, 0) is 24.6 Å². The summed E-state index contributed by atoms with van der Waals surface area (Å²) in [6.45, 7) is 2.05. The van der Waals surface area contributed by atoms with Crippen molar-refractivity contribution >= 4 is 0 Å². The Bertz CT molecular complexity index is 511. The Morgan fingerprint density at radius 1 is 1.22 bits per heavy atom. The zero-order chi connectivity index (χ0) is 13.0. The van der Waals surface area contributed by atoms with Gasteiger partial charge in [0.05, 0.1) is 13.2 Å². The van der Waals surface area contributed by atoms with Crippen molar-refractivity contribution in [2.45, 2.75) is 13.0 Å². The first-order chi connectivity index (χ1) is 8.76. The summed E-state index contributed by atoms with van der Waals surface area (Å²) in [4.78, 5) is 4.35. The number of aromatic nitrogens is 1. The van der Waals surface area contributed by atoms with Crippen molar-refractivity contribution < 1.29 is 4.74 Å². The third kappa shape index (κ3) is 2.50. The van der Waals surface area contributed by atoms with E-state index in [4.69, 9.17) is 10.6 Å². The van der Waals surface area contributed by atoms with Crippen LogP contribution in [-0.4, -0.2) is 12.1 Å². The molecule has 3 N–H and O–H groups in total. The molecule has 0 spiro atoms. The zero-order valence-corrected chi connectivity index (χ0v) is 10.6. The molecule has 94 valence electrons. The number of hydrazine groups is 1. The number of benzene rings is 1. The highest BCUT2D eigenvalue weighted by Gasteiger charge is 2.17. The Morgan fingerprint density at radius 3 is 2.56 bits per heavy atom. The van der Waals surface area contributed by atoms with Gasteiger partial charge in [0.2, 0.25) is 0 Å². The van der Waals surface area contributed by atoms with Crippen LogP contribution in [0.3, 0.4) is 0 Å². The highest BCUT2D eigenvalue weighted by atomic mass is 16.5. The maximum Gasteiger partial charge on any atom is 0.142 e. The Balaban J connectivity index is 2.41. The van der Waals surface area contributed by atoms with E-state index in [0.717, 1.165) is 17.0 Å². The minimum absolute atomic E-state index is 0.179. The second-order valence-corrected chi connectivity index (χ2v) is 4.10. The van der Waals surface area contributed by atoms with Crippen LogP contribution in [0, 0.1) is 6.92 Å². The summed E-state index contributed by atoms with van der Waals surface area (Å²) in [6.07, 6.45) is 1.73. The average molecular weight is 243 g/mol. The first kappa shape index (κ1) is 12.5. The average Bonchev–Trinajstić information content (AvgIpc) is 2.42. The molecule has 1 unspecified atom stereocenters. The lowest BCUT2D eigenvalue weighted by molar-refractivity contribution is 0.400. The molecule has 1 aromatic carbocycles. The summed E-state index contributed by atoms with van der Waals surface area (Å²) in [7, 11) is 1.63. The van der Waals surface area contributed by atoms with E-state index in [-0.39, 0.29) is 6.04 Å². The van der Waals surface area contributed by atoms with Crippen LogP contribution in [0.25, 0.3) is 0 Å². The number of rotatable bonds is 4. The van der Waals surface area contributed by atoms with Gasteiger partial charge in [0.15, 0.2) is 0 Å². The lowest BCUT2D eigenvalue weighted by atomic mass is 10.0. The third-order valence-corrected chi connectivity index (χ3v) is 2.87. The fourth-order valence-electron chi connectivity index (χ4n) is 1.88. The minimum Gasteiger partial charge on any atom is -0.495 e. The Kier molecular flexibility index (Phi) is 3.92. The molecule has 1 heterocycles. The van der Waals surface area contributed by atoms with Crippen LogP contribution in [0.4, 0.5) is 0 Å². The first-order valence-electron chi connectivity index (χ1n) is 5.78. The number of nitrogens with one attached hydrogen (secondary N) is 1. The first-order valence-corrected chi connectivity index (χ1v) is 5.78. The van der Waals surface area contributed by atoms with Gasteiger partial charge in [-0.3, -0.25) is 10.8 Å². The number of nitrogens with two attached hydrogens (primary N) is 1. The van der Waals surface area contributed by atoms with Gasteiger partial charge in [-0.1, -0.05) is 29.8 Å². The van der Waals surface area contributed by atoms with Crippen molar-refractivity contribution in [2.75, 3.05) is 7.11 Å². The number of hydrogen-bond acceptors (Lipinski definition) is 4. The summed E-state index contributed by atoms with van der Waals surface area (Å²) in [6, 6.07) is 11.7. The van der Waals surface area contributed by atoms with Crippen LogP contribution >= 0.6 is 0 Å². The SMILES string of the molecule is COc1cccnc1C(NN)c1ccc(C)cc1. The summed E-state index contributed by atoms with van der Waals surface area (Å²) >= 11 is 0.